The highest BCUT2D eigenvalue weighted by atomic mass is 19.4. The van der Waals surface area contributed by atoms with E-state index < -0.39 is 12.1 Å². The zero-order valence-corrected chi connectivity index (χ0v) is 11.0. The van der Waals surface area contributed by atoms with Gasteiger partial charge in [0.15, 0.2) is 0 Å². The normalized spacial score (nSPS) is 10.9. The van der Waals surface area contributed by atoms with Gasteiger partial charge in [0, 0.05) is 29.5 Å². The van der Waals surface area contributed by atoms with Crippen LogP contribution in [-0.2, 0) is 4.79 Å². The molecule has 3 aromatic rings. The summed E-state index contributed by atoms with van der Waals surface area (Å²) < 4.78 is 31.7. The van der Waals surface area contributed by atoms with E-state index in [1.165, 1.54) is 10.9 Å². The number of hydrogen-bond donors (Lipinski definition) is 2. The minimum atomic E-state index is -5.08. The summed E-state index contributed by atoms with van der Waals surface area (Å²) in [5, 5.41) is 16.3. The Kier molecular flexibility index (Phi) is 4.40. The van der Waals surface area contributed by atoms with Crippen molar-refractivity contribution in [2.45, 2.75) is 6.18 Å². The number of benzene rings is 1. The zero-order valence-electron chi connectivity index (χ0n) is 11.0. The van der Waals surface area contributed by atoms with Crippen LogP contribution in [0.25, 0.3) is 21.9 Å². The van der Waals surface area contributed by atoms with Crippen molar-refractivity contribution >= 4 is 16.7 Å². The average Bonchev–Trinajstić information content (AvgIpc) is 3.00. The second kappa shape index (κ2) is 6.25. The standard InChI is InChI=1S/C12H9N3.C2HF3O2/c1-2-9-6-13-5-4-12(9)11(3-1)10-7-14-15-8-10;3-2(4,5)1(6)7/h1-8H,(H,14,15);(H,6,7). The Morgan fingerprint density at radius 2 is 1.91 bits per heavy atom. The van der Waals surface area contributed by atoms with Crippen molar-refractivity contribution in [3.8, 4) is 11.1 Å². The van der Waals surface area contributed by atoms with E-state index in [4.69, 9.17) is 9.90 Å². The highest BCUT2D eigenvalue weighted by molar-refractivity contribution is 5.95. The van der Waals surface area contributed by atoms with Gasteiger partial charge in [0.2, 0.25) is 0 Å². The van der Waals surface area contributed by atoms with Gasteiger partial charge in [-0.25, -0.2) is 4.79 Å². The number of H-pyrrole nitrogens is 1. The summed E-state index contributed by atoms with van der Waals surface area (Å²) >= 11 is 0. The van der Waals surface area contributed by atoms with Gasteiger partial charge in [0.1, 0.15) is 0 Å². The topological polar surface area (TPSA) is 78.9 Å². The van der Waals surface area contributed by atoms with Crippen LogP contribution in [0.5, 0.6) is 0 Å². The predicted molar refractivity (Wildman–Crippen MR) is 73.0 cm³/mol. The molecule has 8 heteroatoms. The fourth-order valence-electron chi connectivity index (χ4n) is 1.77. The second-order valence-corrected chi connectivity index (χ2v) is 4.19. The Balaban J connectivity index is 0.000000217. The van der Waals surface area contributed by atoms with E-state index in [1.807, 2.05) is 36.9 Å². The number of carboxylic acids is 1. The summed E-state index contributed by atoms with van der Waals surface area (Å²) in [6.07, 6.45) is 2.33. The van der Waals surface area contributed by atoms with Crippen LogP contribution in [-0.4, -0.2) is 32.4 Å². The smallest absolute Gasteiger partial charge is 0.475 e. The minimum Gasteiger partial charge on any atom is -0.475 e. The fourth-order valence-corrected chi connectivity index (χ4v) is 1.77. The number of aliphatic carboxylic acids is 1. The summed E-state index contributed by atoms with van der Waals surface area (Å²) in [4.78, 5) is 13.0. The summed E-state index contributed by atoms with van der Waals surface area (Å²) in [6.45, 7) is 0. The van der Waals surface area contributed by atoms with E-state index in [2.05, 4.69) is 27.3 Å². The van der Waals surface area contributed by atoms with Crippen molar-refractivity contribution < 1.29 is 23.1 Å². The van der Waals surface area contributed by atoms with Crippen molar-refractivity contribution in [1.82, 2.24) is 15.2 Å². The van der Waals surface area contributed by atoms with Crippen LogP contribution in [0.2, 0.25) is 0 Å². The van der Waals surface area contributed by atoms with Crippen LogP contribution in [0.15, 0.2) is 49.1 Å². The maximum Gasteiger partial charge on any atom is 0.490 e. The Bertz CT molecular complexity index is 765. The van der Waals surface area contributed by atoms with E-state index >= 15 is 0 Å². The SMILES string of the molecule is O=C(O)C(F)(F)F.c1cc(-c2cn[nH]c2)c2ccncc2c1. The molecular weight excluding hydrogens is 299 g/mol. The first kappa shape index (κ1) is 15.5. The van der Waals surface area contributed by atoms with Gasteiger partial charge >= 0.3 is 12.1 Å². The molecule has 0 radical (unpaired) electrons. The molecule has 0 atom stereocenters. The highest BCUT2D eigenvalue weighted by Gasteiger charge is 2.38. The first-order chi connectivity index (χ1) is 10.4. The van der Waals surface area contributed by atoms with Crippen LogP contribution >= 0.6 is 0 Å². The van der Waals surface area contributed by atoms with Gasteiger partial charge in [-0.2, -0.15) is 18.3 Å². The molecular formula is C14H10F3N3O2. The Hall–Kier alpha value is -2.90. The maximum absolute atomic E-state index is 10.6. The molecule has 1 aromatic carbocycles. The van der Waals surface area contributed by atoms with E-state index in [0.29, 0.717) is 0 Å². The molecule has 0 aliphatic carbocycles. The third-order valence-corrected chi connectivity index (χ3v) is 2.73. The predicted octanol–water partition coefficient (Wildman–Crippen LogP) is 3.26. The summed E-state index contributed by atoms with van der Waals surface area (Å²) in [6, 6.07) is 8.21. The number of aromatic nitrogens is 3. The second-order valence-electron chi connectivity index (χ2n) is 4.19. The van der Waals surface area contributed by atoms with Crippen molar-refractivity contribution in [1.29, 1.82) is 0 Å². The molecule has 0 saturated heterocycles. The van der Waals surface area contributed by atoms with Gasteiger partial charge < -0.3 is 5.11 Å². The molecule has 0 fully saturated rings. The molecule has 2 aromatic heterocycles. The van der Waals surface area contributed by atoms with Crippen LogP contribution in [0.1, 0.15) is 0 Å². The number of carbonyl (C=O) groups is 1. The quantitative estimate of drug-likeness (QED) is 0.723. The Morgan fingerprint density at radius 1 is 1.18 bits per heavy atom. The fraction of sp³-hybridized carbons (Fsp3) is 0.0714. The molecule has 2 N–H and O–H groups in total. The van der Waals surface area contributed by atoms with E-state index in [-0.39, 0.29) is 0 Å². The molecule has 0 unspecified atom stereocenters. The highest BCUT2D eigenvalue weighted by Crippen LogP contribution is 2.26. The number of nitrogens with zero attached hydrogens (tertiary/aromatic N) is 2. The molecule has 114 valence electrons. The first-order valence-corrected chi connectivity index (χ1v) is 6.01. The average molecular weight is 309 g/mol. The molecule has 0 spiro atoms. The van der Waals surface area contributed by atoms with Crippen LogP contribution in [0.3, 0.4) is 0 Å². The van der Waals surface area contributed by atoms with Crippen molar-refractivity contribution in [3.63, 3.8) is 0 Å². The summed E-state index contributed by atoms with van der Waals surface area (Å²) in [7, 11) is 0. The number of halogens is 3. The molecule has 22 heavy (non-hydrogen) atoms. The lowest BCUT2D eigenvalue weighted by Crippen LogP contribution is -2.21. The third-order valence-electron chi connectivity index (χ3n) is 2.73. The van der Waals surface area contributed by atoms with Crippen molar-refractivity contribution in [3.05, 3.63) is 49.1 Å². The van der Waals surface area contributed by atoms with Crippen molar-refractivity contribution in [2.75, 3.05) is 0 Å². The lowest BCUT2D eigenvalue weighted by Gasteiger charge is -2.02. The van der Waals surface area contributed by atoms with Gasteiger partial charge in [-0.05, 0) is 17.0 Å². The van der Waals surface area contributed by atoms with E-state index in [0.717, 1.165) is 10.9 Å². The Morgan fingerprint density at radius 3 is 2.50 bits per heavy atom. The molecule has 0 aliphatic rings. The first-order valence-electron chi connectivity index (χ1n) is 6.01. The van der Waals surface area contributed by atoms with Gasteiger partial charge in [-0.15, -0.1) is 0 Å². The van der Waals surface area contributed by atoms with Gasteiger partial charge in [0.05, 0.1) is 6.20 Å². The third kappa shape index (κ3) is 3.60. The lowest BCUT2D eigenvalue weighted by atomic mass is 10.0. The molecule has 3 rings (SSSR count). The minimum absolute atomic E-state index is 1.10. The molecule has 0 bridgehead atoms. The number of nitrogens with one attached hydrogen (secondary N) is 1. The number of alkyl halides is 3. The monoisotopic (exact) mass is 309 g/mol. The Labute approximate surface area is 122 Å². The summed E-state index contributed by atoms with van der Waals surface area (Å²) in [5.74, 6) is -2.76. The lowest BCUT2D eigenvalue weighted by molar-refractivity contribution is -0.192. The molecule has 5 nitrogen and oxygen atoms in total. The van der Waals surface area contributed by atoms with Gasteiger partial charge in [-0.3, -0.25) is 10.1 Å². The number of hydrogen-bond acceptors (Lipinski definition) is 3. The largest absolute Gasteiger partial charge is 0.490 e. The van der Waals surface area contributed by atoms with Crippen LogP contribution in [0.4, 0.5) is 13.2 Å². The maximum atomic E-state index is 10.6. The summed E-state index contributed by atoms with van der Waals surface area (Å²) in [5.41, 5.74) is 2.29. The van der Waals surface area contributed by atoms with E-state index in [1.54, 1.807) is 0 Å². The molecule has 0 saturated carbocycles. The zero-order chi connectivity index (χ0) is 16.2. The van der Waals surface area contributed by atoms with Gasteiger partial charge in [-0.1, -0.05) is 18.2 Å². The number of fused-ring (bicyclic) bond motifs is 1. The van der Waals surface area contributed by atoms with Gasteiger partial charge in [0.25, 0.3) is 0 Å². The van der Waals surface area contributed by atoms with Crippen LogP contribution < -0.4 is 0 Å². The van der Waals surface area contributed by atoms with E-state index in [9.17, 15) is 13.2 Å². The van der Waals surface area contributed by atoms with Crippen molar-refractivity contribution in [2.24, 2.45) is 0 Å². The number of aromatic amines is 1. The van der Waals surface area contributed by atoms with Crippen LogP contribution in [0, 0.1) is 0 Å². The number of carboxylic acid groups (broad SMARTS) is 1. The molecule has 0 amide bonds. The number of pyridine rings is 1. The molecule has 2 heterocycles. The molecule has 0 aliphatic heterocycles. The number of rotatable bonds is 1.